The van der Waals surface area contributed by atoms with Crippen LogP contribution >= 0.6 is 0 Å². The molecule has 186 valence electrons. The van der Waals surface area contributed by atoms with Crippen LogP contribution in [0.5, 0.6) is 0 Å². The van der Waals surface area contributed by atoms with Crippen molar-refractivity contribution < 1.29 is 23.6 Å². The van der Waals surface area contributed by atoms with Crippen molar-refractivity contribution in [3.05, 3.63) is 50.8 Å². The molecule has 3 heterocycles. The number of esters is 1. The lowest BCUT2D eigenvalue weighted by Gasteiger charge is -2.17. The summed E-state index contributed by atoms with van der Waals surface area (Å²) < 4.78 is 17.1. The summed E-state index contributed by atoms with van der Waals surface area (Å²) in [4.78, 5) is 50.6. The Bertz CT molecular complexity index is 1130. The van der Waals surface area contributed by atoms with Gasteiger partial charge in [0.05, 0.1) is 26.1 Å². The second kappa shape index (κ2) is 11.4. The fourth-order valence-electron chi connectivity index (χ4n) is 4.19. The first-order chi connectivity index (χ1) is 16.2. The quantitative estimate of drug-likeness (QED) is 0.300. The summed E-state index contributed by atoms with van der Waals surface area (Å²) in [6, 6.07) is 0. The van der Waals surface area contributed by atoms with Crippen molar-refractivity contribution in [3.63, 3.8) is 0 Å². The summed E-state index contributed by atoms with van der Waals surface area (Å²) in [5.74, 6) is 0.772. The molecule has 0 amide bonds. The van der Waals surface area contributed by atoms with Crippen LogP contribution in [0.4, 0.5) is 0 Å². The molecule has 3 rings (SSSR count). The molecule has 0 unspecified atom stereocenters. The number of hydrogen-bond acceptors (Lipinski definition) is 6. The number of nitrogens with one attached hydrogen (secondary N) is 1. The lowest BCUT2D eigenvalue weighted by atomic mass is 10.1. The van der Waals surface area contributed by atoms with Crippen molar-refractivity contribution >= 4 is 11.8 Å². The van der Waals surface area contributed by atoms with Gasteiger partial charge in [-0.05, 0) is 26.2 Å². The molecular weight excluding hydrogens is 440 g/mol. The minimum Gasteiger partial charge on any atom is -0.459 e. The van der Waals surface area contributed by atoms with Gasteiger partial charge in [-0.2, -0.15) is 0 Å². The number of Topliss-reactive ketones (excluding diaryl/α,β-unsaturated/α-hetero) is 1. The van der Waals surface area contributed by atoms with Crippen molar-refractivity contribution in [2.45, 2.75) is 90.7 Å². The Kier molecular flexibility index (Phi) is 8.60. The Morgan fingerprint density at radius 2 is 1.97 bits per heavy atom. The van der Waals surface area contributed by atoms with Gasteiger partial charge >= 0.3 is 11.7 Å². The molecule has 3 atom stereocenters. The fraction of sp³-hybridized carbons (Fsp3) is 0.625. The van der Waals surface area contributed by atoms with E-state index >= 15 is 0 Å². The number of ether oxygens (including phenoxy) is 2. The molecule has 34 heavy (non-hydrogen) atoms. The van der Waals surface area contributed by atoms with E-state index in [1.165, 1.54) is 10.8 Å². The summed E-state index contributed by atoms with van der Waals surface area (Å²) in [5.41, 5.74) is -0.602. The predicted molar refractivity (Wildman–Crippen MR) is 123 cm³/mol. The molecular formula is C24H35N4O6+. The topological polar surface area (TPSA) is 116 Å². The first-order valence-corrected chi connectivity index (χ1v) is 11.9. The minimum atomic E-state index is -0.626. The third-order valence-electron chi connectivity index (χ3n) is 6.43. The molecule has 1 aliphatic rings. The second-order valence-corrected chi connectivity index (χ2v) is 8.93. The van der Waals surface area contributed by atoms with Gasteiger partial charge in [0.2, 0.25) is 0 Å². The summed E-state index contributed by atoms with van der Waals surface area (Å²) in [7, 11) is 2.00. The molecule has 0 bridgehead atoms. The molecule has 2 aromatic heterocycles. The Labute approximate surface area is 198 Å². The first kappa shape index (κ1) is 25.6. The van der Waals surface area contributed by atoms with Gasteiger partial charge in [0, 0.05) is 37.9 Å². The maximum atomic E-state index is 12.4. The van der Waals surface area contributed by atoms with Crippen LogP contribution in [-0.2, 0) is 32.7 Å². The predicted octanol–water partition coefficient (Wildman–Crippen LogP) is 1.61. The zero-order chi connectivity index (χ0) is 24.8. The zero-order valence-electron chi connectivity index (χ0n) is 20.4. The van der Waals surface area contributed by atoms with Crippen LogP contribution in [0.3, 0.4) is 0 Å². The van der Waals surface area contributed by atoms with E-state index in [0.717, 1.165) is 25.2 Å². The highest BCUT2D eigenvalue weighted by Crippen LogP contribution is 2.31. The third kappa shape index (κ3) is 6.31. The van der Waals surface area contributed by atoms with E-state index in [9.17, 15) is 19.2 Å². The van der Waals surface area contributed by atoms with Gasteiger partial charge in [0.1, 0.15) is 30.5 Å². The highest BCUT2D eigenvalue weighted by molar-refractivity contribution is 5.82. The number of aryl methyl sites for hydroxylation is 3. The van der Waals surface area contributed by atoms with Crippen LogP contribution in [0.25, 0.3) is 0 Å². The molecule has 0 spiro atoms. The molecule has 10 nitrogen and oxygen atoms in total. The molecule has 2 aromatic rings. The largest absolute Gasteiger partial charge is 0.459 e. The smallest absolute Gasteiger partial charge is 0.330 e. The number of H-pyrrole nitrogens is 1. The van der Waals surface area contributed by atoms with E-state index in [0.29, 0.717) is 24.8 Å². The number of nitrogens with zero attached hydrogens (tertiary/aromatic N) is 3. The average Bonchev–Trinajstić information content (AvgIpc) is 3.35. The molecule has 1 fully saturated rings. The monoisotopic (exact) mass is 475 g/mol. The minimum absolute atomic E-state index is 0.0285. The van der Waals surface area contributed by atoms with Crippen LogP contribution < -0.4 is 15.8 Å². The van der Waals surface area contributed by atoms with E-state index in [1.807, 2.05) is 26.4 Å². The summed E-state index contributed by atoms with van der Waals surface area (Å²) in [6.45, 7) is 6.43. The lowest BCUT2D eigenvalue weighted by Crippen LogP contribution is -2.33. The molecule has 1 N–H and O–H groups in total. The lowest BCUT2D eigenvalue weighted by molar-refractivity contribution is -0.677. The number of carbonyl (C=O) groups excluding carboxylic acids is 2. The van der Waals surface area contributed by atoms with Crippen molar-refractivity contribution in [1.29, 1.82) is 0 Å². The Morgan fingerprint density at radius 1 is 1.21 bits per heavy atom. The SMILES string of the molecule is CC[C@H]1O[C@@H](n2cc(C)c(=O)[nH]c2=O)C[C@H]1OC(=O)CCC(=O)CCCCn1cc[n+](C)c1C. The van der Waals surface area contributed by atoms with Gasteiger partial charge in [0.15, 0.2) is 0 Å². The van der Waals surface area contributed by atoms with Gasteiger partial charge in [0.25, 0.3) is 11.4 Å². The van der Waals surface area contributed by atoms with E-state index in [1.54, 1.807) is 6.92 Å². The van der Waals surface area contributed by atoms with Crippen molar-refractivity contribution in [2.75, 3.05) is 0 Å². The Hall–Kier alpha value is -3.01. The van der Waals surface area contributed by atoms with E-state index in [-0.39, 0.29) is 24.7 Å². The van der Waals surface area contributed by atoms with Crippen molar-refractivity contribution in [2.24, 2.45) is 7.05 Å². The van der Waals surface area contributed by atoms with E-state index in [4.69, 9.17) is 9.47 Å². The number of aromatic amines is 1. The first-order valence-electron chi connectivity index (χ1n) is 11.9. The maximum absolute atomic E-state index is 12.4. The van der Waals surface area contributed by atoms with Crippen LogP contribution in [0.1, 0.15) is 69.5 Å². The van der Waals surface area contributed by atoms with Crippen molar-refractivity contribution in [1.82, 2.24) is 14.1 Å². The summed E-state index contributed by atoms with van der Waals surface area (Å²) in [5, 5.41) is 0. The normalized spacial score (nSPS) is 19.9. The number of unbranched alkanes of at least 4 members (excludes halogenated alkanes) is 1. The van der Waals surface area contributed by atoms with Crippen molar-refractivity contribution in [3.8, 4) is 0 Å². The van der Waals surface area contributed by atoms with E-state index in [2.05, 4.69) is 21.0 Å². The van der Waals surface area contributed by atoms with E-state index < -0.39 is 29.6 Å². The number of aromatic nitrogens is 4. The second-order valence-electron chi connectivity index (χ2n) is 8.93. The van der Waals surface area contributed by atoms with Crippen LogP contribution in [-0.4, -0.2) is 38.1 Å². The standard InChI is InChI=1S/C24H34N4O6/c1-5-19-20(14-21(33-19)28-15-16(2)23(31)25-24(28)32)34-22(30)10-9-18(29)8-6-7-11-27-13-12-26(4)17(27)3/h12-13,15,19-21H,5-11,14H2,1-4H3/p+1/t19-,20-,21-/m1/s1. The van der Waals surface area contributed by atoms with Gasteiger partial charge in [-0.3, -0.25) is 23.9 Å². The molecule has 10 heteroatoms. The van der Waals surface area contributed by atoms with Gasteiger partial charge < -0.3 is 9.47 Å². The number of imidazole rings is 1. The summed E-state index contributed by atoms with van der Waals surface area (Å²) >= 11 is 0. The van der Waals surface area contributed by atoms with Gasteiger partial charge in [-0.15, -0.1) is 0 Å². The highest BCUT2D eigenvalue weighted by Gasteiger charge is 2.38. The Balaban J connectivity index is 1.42. The molecule has 0 radical (unpaired) electrons. The number of hydrogen-bond donors (Lipinski definition) is 1. The molecule has 0 aromatic carbocycles. The number of ketones is 1. The van der Waals surface area contributed by atoms with Gasteiger partial charge in [-0.25, -0.2) is 13.9 Å². The third-order valence-corrected chi connectivity index (χ3v) is 6.43. The van der Waals surface area contributed by atoms with Crippen LogP contribution in [0.2, 0.25) is 0 Å². The zero-order valence-corrected chi connectivity index (χ0v) is 20.4. The fourth-order valence-corrected chi connectivity index (χ4v) is 4.19. The Morgan fingerprint density at radius 3 is 2.65 bits per heavy atom. The molecule has 1 aliphatic heterocycles. The molecule has 0 aliphatic carbocycles. The summed E-state index contributed by atoms with van der Waals surface area (Å²) in [6.07, 6.45) is 7.21. The van der Waals surface area contributed by atoms with Crippen LogP contribution in [0, 0.1) is 13.8 Å². The average molecular weight is 476 g/mol. The molecule has 0 saturated carbocycles. The maximum Gasteiger partial charge on any atom is 0.330 e. The number of carbonyl (C=O) groups is 2. The number of rotatable bonds is 11. The van der Waals surface area contributed by atoms with Crippen LogP contribution in [0.15, 0.2) is 28.2 Å². The van der Waals surface area contributed by atoms with Gasteiger partial charge in [-0.1, -0.05) is 6.92 Å². The molecule has 1 saturated heterocycles. The highest BCUT2D eigenvalue weighted by atomic mass is 16.6.